The van der Waals surface area contributed by atoms with Crippen molar-refractivity contribution < 1.29 is 91.1 Å². The van der Waals surface area contributed by atoms with Crippen molar-refractivity contribution in [3.63, 3.8) is 0 Å². The molecule has 1 aromatic carbocycles. The van der Waals surface area contributed by atoms with Crippen LogP contribution in [0, 0.1) is 48.3 Å². The van der Waals surface area contributed by atoms with Gasteiger partial charge < -0.3 is 77.8 Å². The Morgan fingerprint density at radius 1 is 0.822 bits per heavy atom. The number of rotatable bonds is 22. The molecule has 0 spiro atoms. The molecule has 0 saturated carbocycles. The van der Waals surface area contributed by atoms with E-state index < -0.39 is 151 Å². The molecule has 4 aliphatic rings. The highest BCUT2D eigenvalue weighted by Gasteiger charge is 2.53. The number of aliphatic hydroxyl groups is 2. The molecule has 0 bridgehead atoms. The van der Waals surface area contributed by atoms with Gasteiger partial charge in [-0.2, -0.15) is 5.10 Å². The summed E-state index contributed by atoms with van der Waals surface area (Å²) in [6.07, 6.45) is -12.7. The molecule has 2 amide bonds. The van der Waals surface area contributed by atoms with Crippen LogP contribution in [0.25, 0.3) is 0 Å². The van der Waals surface area contributed by atoms with E-state index in [-0.39, 0.29) is 62.5 Å². The predicted octanol–water partition coefficient (Wildman–Crippen LogP) is 5.90. The largest absolute Gasteiger partial charge is 0.461 e. The first kappa shape index (κ1) is 73.9. The molecule has 4 fully saturated rings. The van der Waals surface area contributed by atoms with E-state index in [0.29, 0.717) is 26.1 Å². The summed E-state index contributed by atoms with van der Waals surface area (Å²) < 4.78 is 72.6. The number of ketones is 1. The number of aliphatic hydroxyl groups excluding tert-OH is 2. The zero-order valence-electron chi connectivity index (χ0n) is 55.9. The van der Waals surface area contributed by atoms with E-state index in [1.807, 2.05) is 84.9 Å². The third-order valence-electron chi connectivity index (χ3n) is 17.8. The molecule has 4 aliphatic heterocycles. The minimum atomic E-state index is -2.00. The van der Waals surface area contributed by atoms with E-state index in [1.165, 1.54) is 28.3 Å². The van der Waals surface area contributed by atoms with Crippen molar-refractivity contribution >= 4 is 35.4 Å². The molecular formula is C65H104N6O19. The van der Waals surface area contributed by atoms with E-state index in [1.54, 1.807) is 52.4 Å². The number of nitrogens with zero attached hydrogens (tertiary/aromatic N) is 4. The fraction of sp³-hybridized carbons (Fsp3) is 0.769. The van der Waals surface area contributed by atoms with Crippen LogP contribution in [0.4, 0.5) is 4.79 Å². The van der Waals surface area contributed by atoms with Crippen molar-refractivity contribution in [1.29, 1.82) is 0 Å². The highest BCUT2D eigenvalue weighted by molar-refractivity contribution is 5.92. The van der Waals surface area contributed by atoms with Crippen LogP contribution in [0.2, 0.25) is 0 Å². The van der Waals surface area contributed by atoms with Gasteiger partial charge in [0.25, 0.3) is 0 Å². The molecule has 0 aliphatic carbocycles. The number of ether oxygens (including phenoxy) is 11. The normalized spacial score (nSPS) is 36.0. The van der Waals surface area contributed by atoms with E-state index in [9.17, 15) is 24.6 Å². The number of cyclic esters (lactones) is 1. The average Bonchev–Trinajstić information content (AvgIpc) is 1.16. The van der Waals surface area contributed by atoms with E-state index in [2.05, 4.69) is 25.8 Å². The zero-order chi connectivity index (χ0) is 66.3. The number of carbonyl (C=O) groups is 5. The second-order valence-electron chi connectivity index (χ2n) is 26.1. The van der Waals surface area contributed by atoms with Gasteiger partial charge in [-0.05, 0) is 78.4 Å². The smallest absolute Gasteiger partial charge is 0.408 e. The lowest BCUT2D eigenvalue weighted by molar-refractivity contribution is -0.305. The first-order valence-corrected chi connectivity index (χ1v) is 31.9. The summed E-state index contributed by atoms with van der Waals surface area (Å²) in [5.41, 5.74) is -0.153. The zero-order valence-corrected chi connectivity index (χ0v) is 55.9. The summed E-state index contributed by atoms with van der Waals surface area (Å²) in [5.74, 6) is -7.98. The summed E-state index contributed by atoms with van der Waals surface area (Å²) in [4.78, 5) is 80.4. The highest BCUT2D eigenvalue weighted by atomic mass is 16.7. The van der Waals surface area contributed by atoms with Gasteiger partial charge in [-0.15, -0.1) is 0 Å². The van der Waals surface area contributed by atoms with Gasteiger partial charge in [0.05, 0.1) is 60.4 Å². The maximum absolute atomic E-state index is 16.0. The Balaban J connectivity index is 1.46. The van der Waals surface area contributed by atoms with Crippen LogP contribution in [0.15, 0.2) is 47.8 Å². The number of carbonyl (C=O) groups excluding carboxylic acids is 5. The van der Waals surface area contributed by atoms with Gasteiger partial charge in [-0.1, -0.05) is 84.0 Å². The maximum atomic E-state index is 16.0. The second kappa shape index (κ2) is 34.1. The van der Waals surface area contributed by atoms with Crippen molar-refractivity contribution in [2.75, 3.05) is 47.6 Å². The third-order valence-corrected chi connectivity index (χ3v) is 17.8. The van der Waals surface area contributed by atoms with Gasteiger partial charge in [-0.3, -0.25) is 28.8 Å². The molecule has 6 rings (SSSR count). The molecule has 4 N–H and O–H groups in total. The number of hydrogen-bond acceptors (Lipinski definition) is 22. The Labute approximate surface area is 531 Å². The van der Waals surface area contributed by atoms with Gasteiger partial charge in [0.1, 0.15) is 50.3 Å². The van der Waals surface area contributed by atoms with Crippen LogP contribution in [0.1, 0.15) is 127 Å². The number of nitrogens with one attached hydrogen (secondary N) is 2. The first-order chi connectivity index (χ1) is 42.6. The molecule has 25 nitrogen and oxygen atoms in total. The number of alkyl carbamates (subject to hydrolysis) is 1. The number of hydrogen-bond donors (Lipinski definition) is 4. The summed E-state index contributed by atoms with van der Waals surface area (Å²) in [7, 11) is 4.27. The lowest BCUT2D eigenvalue weighted by Crippen LogP contribution is -2.59. The second-order valence-corrected chi connectivity index (χ2v) is 26.1. The molecule has 1 unspecified atom stereocenters. The van der Waals surface area contributed by atoms with Gasteiger partial charge in [0.15, 0.2) is 30.3 Å². The third kappa shape index (κ3) is 19.9. The summed E-state index contributed by atoms with van der Waals surface area (Å²) in [6.45, 7) is 26.3. The molecule has 4 saturated heterocycles. The van der Waals surface area contributed by atoms with Gasteiger partial charge in [0.2, 0.25) is 5.91 Å². The van der Waals surface area contributed by atoms with Crippen molar-refractivity contribution in [3.8, 4) is 0 Å². The van der Waals surface area contributed by atoms with Crippen molar-refractivity contribution in [1.82, 2.24) is 25.3 Å². The summed E-state index contributed by atoms with van der Waals surface area (Å²) in [6, 6.07) is 10.9. The lowest BCUT2D eigenvalue weighted by Gasteiger charge is -2.45. The molecule has 90 heavy (non-hydrogen) atoms. The molecule has 5 heterocycles. The number of esters is 2. The minimum absolute atomic E-state index is 0.0130. The summed E-state index contributed by atoms with van der Waals surface area (Å²) in [5, 5.41) is 37.2. The number of methoxy groups -OCH3 is 2. The quantitative estimate of drug-likeness (QED) is 0.0606. The molecule has 0 radical (unpaired) electrons. The fourth-order valence-corrected chi connectivity index (χ4v) is 13.1. The number of benzene rings is 1. The highest BCUT2D eigenvalue weighted by Crippen LogP contribution is 2.41. The summed E-state index contributed by atoms with van der Waals surface area (Å²) >= 11 is 0. The molecule has 1 aromatic heterocycles. The van der Waals surface area contributed by atoms with Gasteiger partial charge in [0, 0.05) is 89.7 Å². The van der Waals surface area contributed by atoms with Crippen molar-refractivity contribution in [2.24, 2.45) is 46.6 Å². The number of aryl methyl sites for hydroxylation is 1. The van der Waals surface area contributed by atoms with Crippen LogP contribution >= 0.6 is 0 Å². The Hall–Kier alpha value is -5.19. The van der Waals surface area contributed by atoms with Crippen molar-refractivity contribution in [3.05, 3.63) is 53.9 Å². The lowest BCUT2D eigenvalue weighted by atomic mass is 9.74. The van der Waals surface area contributed by atoms with Crippen LogP contribution in [0.3, 0.4) is 0 Å². The SMILES string of the molecule is CON=C1C[C@@H](C)O[C@@H](O[C@@H]2[C@@H](C)[C@H](O[C@H]3CC(C)N(CCNC(=O)Cn4ccc(C)n4)C[C@H](C)O3)[C@@H](C)C(=O)O[C@H]([C@@H](C)CO[C@@H]3O[C@H](C)[C@@H](O)[C@@H](OC)[C@H]3OC)[C@H](C)[C@@H](OC(=O)CC(C)C)[C@@H](C)C(=O)[C@@](C)(OC(=O)NCc3ccccc3)C[C@@H]2C)[C@@H]1O. The van der Waals surface area contributed by atoms with Crippen LogP contribution < -0.4 is 10.6 Å². The number of aromatic nitrogens is 2. The molecule has 25 heteroatoms. The monoisotopic (exact) mass is 1270 g/mol. The Bertz CT molecular complexity index is 2630. The van der Waals surface area contributed by atoms with Crippen molar-refractivity contribution in [2.45, 2.75) is 233 Å². The van der Waals surface area contributed by atoms with E-state index in [4.69, 9.17) is 56.9 Å². The number of oxime groups is 1. The van der Waals surface area contributed by atoms with Crippen LogP contribution in [-0.2, 0) is 89.2 Å². The Morgan fingerprint density at radius 3 is 2.17 bits per heavy atom. The standard InChI is InChI=1S/C65H104N6O19/c1-35(2)27-50(73)86-56-43(10)55(37(4)34-82-63-59(80-16)58(79-15)52(74)46(13)85-63)88-61(77)45(12)57(87-51-28-39(6)70(32-41(8)83-51)26-24-66-49(72)33-71-25-23-38(5)68-71)42(9)54(89-62-53(75)48(69-81-17)29-40(7)84-62)36(3)30-65(14,60(76)44(56)11)90-64(78)67-31-47-21-19-18-20-22-47/h18-23,25,35-37,39-46,51-59,62-63,74-75H,24,26-34H2,1-17H3,(H,66,72)(H,67,78)/t36-,37-,39?,40+,41-,42+,43-,44+,45+,46+,51-,52+,53+,54-,55+,56+,57-,58+,59+,62-,63+,65-/m0/s1. The van der Waals surface area contributed by atoms with Crippen LogP contribution in [-0.4, -0.2) is 206 Å². The van der Waals surface area contributed by atoms with Gasteiger partial charge in [-0.25, -0.2) is 4.79 Å². The Morgan fingerprint density at radius 2 is 1.52 bits per heavy atom. The maximum Gasteiger partial charge on any atom is 0.408 e. The average molecular weight is 1270 g/mol. The van der Waals surface area contributed by atoms with Gasteiger partial charge >= 0.3 is 18.0 Å². The first-order valence-electron chi connectivity index (χ1n) is 31.9. The predicted molar refractivity (Wildman–Crippen MR) is 329 cm³/mol. The molecular weight excluding hydrogens is 1170 g/mol. The van der Waals surface area contributed by atoms with E-state index >= 15 is 9.59 Å². The minimum Gasteiger partial charge on any atom is -0.461 e. The molecule has 508 valence electrons. The topological polar surface area (TPSA) is 294 Å². The van der Waals surface area contributed by atoms with E-state index in [0.717, 1.165) is 11.3 Å². The number of amides is 2. The van der Waals surface area contributed by atoms with Crippen LogP contribution in [0.5, 0.6) is 0 Å². The fourth-order valence-electron chi connectivity index (χ4n) is 13.1. The number of Topliss-reactive ketones (excluding diaryl/α,β-unsaturated/α-hetero) is 1. The molecule has 22 atom stereocenters. The molecule has 2 aromatic rings. The Kier molecular flexibility index (Phi) is 28.0.